The topological polar surface area (TPSA) is 38.7 Å². The molecule has 1 saturated carbocycles. The third-order valence-corrected chi connectivity index (χ3v) is 5.08. The molecule has 0 amide bonds. The largest absolute Gasteiger partial charge is 0.393 e. The second-order valence-corrected chi connectivity index (χ2v) is 6.88. The van der Waals surface area contributed by atoms with Gasteiger partial charge >= 0.3 is 0 Å². The Hall–Kier alpha value is -0.120. The van der Waals surface area contributed by atoms with Crippen LogP contribution in [0.5, 0.6) is 0 Å². The minimum atomic E-state index is -0.133. The number of hydrogen-bond acceptors (Lipinski definition) is 3. The van der Waals surface area contributed by atoms with Gasteiger partial charge in [0.25, 0.3) is 0 Å². The summed E-state index contributed by atoms with van der Waals surface area (Å²) in [5.41, 5.74) is 0.292. The van der Waals surface area contributed by atoms with Crippen LogP contribution in [0.15, 0.2) is 0 Å². The Morgan fingerprint density at radius 3 is 2.59 bits per heavy atom. The fourth-order valence-corrected chi connectivity index (χ4v) is 3.64. The third kappa shape index (κ3) is 2.13. The smallest absolute Gasteiger partial charge is 0.0940 e. The molecule has 0 aromatic rings. The molecule has 4 atom stereocenters. The Balaban J connectivity index is 1.64. The van der Waals surface area contributed by atoms with Crippen molar-refractivity contribution in [1.29, 1.82) is 0 Å². The predicted octanol–water partition coefficient (Wildman–Crippen LogP) is 1.98. The van der Waals surface area contributed by atoms with E-state index < -0.39 is 0 Å². The molecular weight excluding hydrogens is 216 g/mol. The van der Waals surface area contributed by atoms with E-state index in [1.54, 1.807) is 0 Å². The van der Waals surface area contributed by atoms with Gasteiger partial charge in [0.05, 0.1) is 18.3 Å². The average Bonchev–Trinajstić information content (AvgIpc) is 2.71. The molecule has 98 valence electrons. The second-order valence-electron chi connectivity index (χ2n) is 6.88. The second kappa shape index (κ2) is 3.94. The molecule has 3 fully saturated rings. The molecule has 3 heteroatoms. The first kappa shape index (κ1) is 11.9. The monoisotopic (exact) mass is 240 g/mol. The van der Waals surface area contributed by atoms with Crippen molar-refractivity contribution >= 4 is 0 Å². The van der Waals surface area contributed by atoms with Crippen LogP contribution in [0, 0.1) is 17.3 Å². The molecule has 1 N–H and O–H groups in total. The maximum atomic E-state index is 10.5. The van der Waals surface area contributed by atoms with Gasteiger partial charge in [-0.1, -0.05) is 13.8 Å². The lowest BCUT2D eigenvalue weighted by Crippen LogP contribution is -2.44. The maximum absolute atomic E-state index is 10.5. The molecule has 0 radical (unpaired) electrons. The zero-order valence-electron chi connectivity index (χ0n) is 10.9. The van der Waals surface area contributed by atoms with E-state index in [0.29, 0.717) is 17.3 Å². The summed E-state index contributed by atoms with van der Waals surface area (Å²) in [7, 11) is 0. The van der Waals surface area contributed by atoms with Gasteiger partial charge < -0.3 is 14.6 Å². The van der Waals surface area contributed by atoms with Crippen molar-refractivity contribution in [2.24, 2.45) is 17.3 Å². The number of aliphatic hydroxyl groups excluding tert-OH is 1. The lowest BCUT2D eigenvalue weighted by Gasteiger charge is -2.39. The van der Waals surface area contributed by atoms with Crippen LogP contribution in [-0.2, 0) is 9.47 Å². The fraction of sp³-hybridized carbons (Fsp3) is 1.00. The zero-order chi connectivity index (χ0) is 12.1. The van der Waals surface area contributed by atoms with Crippen LogP contribution in [0.4, 0.5) is 0 Å². The first-order chi connectivity index (χ1) is 8.03. The number of ether oxygens (including phenoxy) is 2. The molecule has 3 nitrogen and oxygen atoms in total. The summed E-state index contributed by atoms with van der Waals surface area (Å²) >= 11 is 0. The van der Waals surface area contributed by atoms with Crippen LogP contribution in [0.3, 0.4) is 0 Å². The molecule has 3 aliphatic rings. The molecule has 2 aliphatic heterocycles. The van der Waals surface area contributed by atoms with Crippen LogP contribution in [0.1, 0.15) is 39.5 Å². The number of hydrogen-bond donors (Lipinski definition) is 1. The summed E-state index contributed by atoms with van der Waals surface area (Å²) in [4.78, 5) is 0. The lowest BCUT2D eigenvalue weighted by molar-refractivity contribution is -0.120. The molecule has 1 spiro atoms. The molecule has 0 bridgehead atoms. The molecular formula is C14H24O3. The highest BCUT2D eigenvalue weighted by Crippen LogP contribution is 2.56. The van der Waals surface area contributed by atoms with Crippen molar-refractivity contribution < 1.29 is 14.6 Å². The summed E-state index contributed by atoms with van der Waals surface area (Å²) < 4.78 is 11.4. The quantitative estimate of drug-likeness (QED) is 0.802. The Kier molecular flexibility index (Phi) is 2.77. The van der Waals surface area contributed by atoms with Gasteiger partial charge in [-0.05, 0) is 36.5 Å². The highest BCUT2D eigenvalue weighted by atomic mass is 16.6. The van der Waals surface area contributed by atoms with Crippen molar-refractivity contribution in [3.63, 3.8) is 0 Å². The van der Waals surface area contributed by atoms with Crippen molar-refractivity contribution in [2.75, 3.05) is 19.8 Å². The van der Waals surface area contributed by atoms with Gasteiger partial charge in [0.15, 0.2) is 0 Å². The first-order valence-electron chi connectivity index (χ1n) is 6.92. The van der Waals surface area contributed by atoms with Gasteiger partial charge in [-0.3, -0.25) is 0 Å². The zero-order valence-corrected chi connectivity index (χ0v) is 10.9. The lowest BCUT2D eigenvalue weighted by atomic mass is 9.80. The molecule has 0 aromatic carbocycles. The van der Waals surface area contributed by atoms with E-state index >= 15 is 0 Å². The Bertz CT molecular complexity index is 294. The summed E-state index contributed by atoms with van der Waals surface area (Å²) in [6, 6.07) is 0. The standard InChI is InChI=1S/C14H24O3/c1-13(2)8-11(13)12(15)10-3-5-17-14(7-10)4-6-16-9-14/h10-12,15H,3-9H2,1-2H3. The van der Waals surface area contributed by atoms with Gasteiger partial charge in [0, 0.05) is 19.6 Å². The molecule has 1 aliphatic carbocycles. The van der Waals surface area contributed by atoms with Crippen LogP contribution in [0.2, 0.25) is 0 Å². The van der Waals surface area contributed by atoms with Gasteiger partial charge in [-0.25, -0.2) is 0 Å². The highest BCUT2D eigenvalue weighted by Gasteiger charge is 2.53. The predicted molar refractivity (Wildman–Crippen MR) is 64.7 cm³/mol. The van der Waals surface area contributed by atoms with Crippen molar-refractivity contribution in [3.05, 3.63) is 0 Å². The van der Waals surface area contributed by atoms with Gasteiger partial charge in [-0.2, -0.15) is 0 Å². The summed E-state index contributed by atoms with van der Waals surface area (Å²) in [6.07, 6.45) is 4.04. The SMILES string of the molecule is CC1(C)CC1C(O)C1CCOC2(CCOC2)C1. The molecule has 3 rings (SSSR count). The summed E-state index contributed by atoms with van der Waals surface area (Å²) in [5.74, 6) is 0.919. The van der Waals surface area contributed by atoms with E-state index in [0.717, 1.165) is 39.1 Å². The normalized spacial score (nSPS) is 46.1. The molecule has 17 heavy (non-hydrogen) atoms. The van der Waals surface area contributed by atoms with Gasteiger partial charge in [0.2, 0.25) is 0 Å². The van der Waals surface area contributed by atoms with Gasteiger partial charge in [-0.15, -0.1) is 0 Å². The van der Waals surface area contributed by atoms with E-state index in [1.807, 2.05) is 0 Å². The average molecular weight is 240 g/mol. The maximum Gasteiger partial charge on any atom is 0.0940 e. The molecule has 4 unspecified atom stereocenters. The Morgan fingerprint density at radius 1 is 1.24 bits per heavy atom. The van der Waals surface area contributed by atoms with Gasteiger partial charge in [0.1, 0.15) is 0 Å². The van der Waals surface area contributed by atoms with E-state index in [2.05, 4.69) is 13.8 Å². The van der Waals surface area contributed by atoms with E-state index in [9.17, 15) is 5.11 Å². The number of rotatable bonds is 2. The Morgan fingerprint density at radius 2 is 2.00 bits per heavy atom. The van der Waals surface area contributed by atoms with E-state index in [-0.39, 0.29) is 11.7 Å². The minimum absolute atomic E-state index is 0.0665. The first-order valence-corrected chi connectivity index (χ1v) is 6.92. The number of aliphatic hydroxyl groups is 1. The fourth-order valence-electron chi connectivity index (χ4n) is 3.64. The van der Waals surface area contributed by atoms with E-state index in [4.69, 9.17) is 9.47 Å². The van der Waals surface area contributed by atoms with E-state index in [1.165, 1.54) is 6.42 Å². The van der Waals surface area contributed by atoms with Crippen molar-refractivity contribution in [1.82, 2.24) is 0 Å². The van der Waals surface area contributed by atoms with Crippen LogP contribution < -0.4 is 0 Å². The van der Waals surface area contributed by atoms with Crippen LogP contribution in [-0.4, -0.2) is 36.6 Å². The Labute approximate surface area is 103 Å². The summed E-state index contributed by atoms with van der Waals surface area (Å²) in [5, 5.41) is 10.5. The van der Waals surface area contributed by atoms with Crippen LogP contribution >= 0.6 is 0 Å². The molecule has 2 heterocycles. The summed E-state index contributed by atoms with van der Waals surface area (Å²) in [6.45, 7) is 6.85. The van der Waals surface area contributed by atoms with Crippen molar-refractivity contribution in [2.45, 2.75) is 51.2 Å². The van der Waals surface area contributed by atoms with Crippen LogP contribution in [0.25, 0.3) is 0 Å². The minimum Gasteiger partial charge on any atom is -0.393 e. The molecule has 2 saturated heterocycles. The highest BCUT2D eigenvalue weighted by molar-refractivity contribution is 5.03. The third-order valence-electron chi connectivity index (χ3n) is 5.08. The molecule has 0 aromatic heterocycles. The van der Waals surface area contributed by atoms with Crippen molar-refractivity contribution in [3.8, 4) is 0 Å².